The molecule has 1 heterocycles. The lowest BCUT2D eigenvalue weighted by Crippen LogP contribution is -2.32. The molecular weight excluding hydrogens is 312 g/mol. The fourth-order valence-corrected chi connectivity index (χ4v) is 2.86. The van der Waals surface area contributed by atoms with E-state index in [9.17, 15) is 14.9 Å². The Morgan fingerprint density at radius 1 is 1.38 bits per heavy atom. The third-order valence-corrected chi connectivity index (χ3v) is 4.15. The van der Waals surface area contributed by atoms with Crippen LogP contribution in [0.25, 0.3) is 0 Å². The van der Waals surface area contributed by atoms with Gasteiger partial charge in [-0.25, -0.2) is 0 Å². The molecule has 0 saturated carbocycles. The lowest BCUT2D eigenvalue weighted by molar-refractivity contribution is -0.385. The van der Waals surface area contributed by atoms with Crippen LogP contribution in [0.4, 0.5) is 5.69 Å². The maximum Gasteiger partial charge on any atom is 0.282 e. The summed E-state index contributed by atoms with van der Waals surface area (Å²) in [6, 6.07) is 4.25. The van der Waals surface area contributed by atoms with Gasteiger partial charge in [-0.1, -0.05) is 6.92 Å². The monoisotopic (exact) mass is 336 g/mol. The highest BCUT2D eigenvalue weighted by molar-refractivity contribution is 5.98. The summed E-state index contributed by atoms with van der Waals surface area (Å²) >= 11 is 0. The van der Waals surface area contributed by atoms with Crippen molar-refractivity contribution in [3.05, 3.63) is 33.9 Å². The molecule has 1 fully saturated rings. The molecule has 1 amide bonds. The molecule has 0 aromatic heterocycles. The molecule has 1 aromatic rings. The van der Waals surface area contributed by atoms with Crippen molar-refractivity contribution in [2.45, 2.75) is 38.7 Å². The molecule has 1 saturated heterocycles. The highest BCUT2D eigenvalue weighted by Crippen LogP contribution is 2.26. The van der Waals surface area contributed by atoms with Gasteiger partial charge in [-0.3, -0.25) is 14.9 Å². The lowest BCUT2D eigenvalue weighted by Gasteiger charge is -2.21. The molecule has 1 aromatic carbocycles. The summed E-state index contributed by atoms with van der Waals surface area (Å²) < 4.78 is 10.9. The van der Waals surface area contributed by atoms with Crippen molar-refractivity contribution >= 4 is 11.6 Å². The van der Waals surface area contributed by atoms with Crippen LogP contribution in [0.2, 0.25) is 0 Å². The Labute approximate surface area is 141 Å². The molecule has 0 N–H and O–H groups in total. The van der Waals surface area contributed by atoms with Gasteiger partial charge in [-0.15, -0.1) is 0 Å². The quantitative estimate of drug-likeness (QED) is 0.589. The average molecular weight is 336 g/mol. The molecule has 1 unspecified atom stereocenters. The van der Waals surface area contributed by atoms with Crippen LogP contribution in [0.3, 0.4) is 0 Å². The fraction of sp³-hybridized carbons (Fsp3) is 0.588. The largest absolute Gasteiger partial charge is 0.497 e. The zero-order valence-corrected chi connectivity index (χ0v) is 14.2. The van der Waals surface area contributed by atoms with E-state index in [0.29, 0.717) is 18.8 Å². The number of benzene rings is 1. The van der Waals surface area contributed by atoms with E-state index in [0.717, 1.165) is 32.3 Å². The van der Waals surface area contributed by atoms with Crippen molar-refractivity contribution < 1.29 is 19.2 Å². The molecule has 7 heteroatoms. The van der Waals surface area contributed by atoms with Crippen LogP contribution in [0, 0.1) is 10.1 Å². The number of likely N-dealkylation sites (tertiary alicyclic amines) is 1. The summed E-state index contributed by atoms with van der Waals surface area (Å²) in [5, 5.41) is 11.2. The third kappa shape index (κ3) is 4.44. The SMILES string of the molecule is CCCOC1CCCN(C(=O)c2cc(OC)ccc2[N+](=O)[O-])CC1. The van der Waals surface area contributed by atoms with Crippen LogP contribution >= 0.6 is 0 Å². The Kier molecular flexibility index (Phi) is 6.54. The number of carbonyl (C=O) groups is 1. The molecule has 0 radical (unpaired) electrons. The van der Waals surface area contributed by atoms with Crippen molar-refractivity contribution in [1.82, 2.24) is 4.90 Å². The van der Waals surface area contributed by atoms with Gasteiger partial charge in [0.1, 0.15) is 11.3 Å². The van der Waals surface area contributed by atoms with E-state index in [1.165, 1.54) is 25.3 Å². The molecule has 0 spiro atoms. The molecule has 1 aliphatic rings. The molecule has 0 bridgehead atoms. The number of ether oxygens (including phenoxy) is 2. The van der Waals surface area contributed by atoms with E-state index in [1.807, 2.05) is 0 Å². The van der Waals surface area contributed by atoms with Gasteiger partial charge in [0.05, 0.1) is 18.1 Å². The van der Waals surface area contributed by atoms with E-state index < -0.39 is 4.92 Å². The van der Waals surface area contributed by atoms with E-state index in [1.54, 1.807) is 4.90 Å². The van der Waals surface area contributed by atoms with E-state index in [-0.39, 0.29) is 23.3 Å². The van der Waals surface area contributed by atoms with Gasteiger partial charge < -0.3 is 14.4 Å². The number of carbonyl (C=O) groups excluding carboxylic acids is 1. The van der Waals surface area contributed by atoms with Gasteiger partial charge in [0, 0.05) is 25.8 Å². The molecular formula is C17H24N2O5. The summed E-state index contributed by atoms with van der Waals surface area (Å²) in [6.45, 7) is 3.91. The van der Waals surface area contributed by atoms with Crippen molar-refractivity contribution in [1.29, 1.82) is 0 Å². The number of nitrogens with zero attached hydrogens (tertiary/aromatic N) is 2. The zero-order chi connectivity index (χ0) is 17.5. The predicted octanol–water partition coefficient (Wildman–Crippen LogP) is 3.02. The molecule has 24 heavy (non-hydrogen) atoms. The predicted molar refractivity (Wildman–Crippen MR) is 89.4 cm³/mol. The second-order valence-corrected chi connectivity index (χ2v) is 5.86. The Hall–Kier alpha value is -2.15. The Balaban J connectivity index is 2.14. The first-order valence-corrected chi connectivity index (χ1v) is 8.30. The van der Waals surface area contributed by atoms with Gasteiger partial charge in [0.2, 0.25) is 0 Å². The highest BCUT2D eigenvalue weighted by atomic mass is 16.6. The number of hydrogen-bond acceptors (Lipinski definition) is 5. The number of rotatable bonds is 6. The number of nitro benzene ring substituents is 1. The normalized spacial score (nSPS) is 18.1. The Bertz CT molecular complexity index is 590. The number of methoxy groups -OCH3 is 1. The molecule has 1 aliphatic heterocycles. The first kappa shape index (κ1) is 18.2. The molecule has 7 nitrogen and oxygen atoms in total. The van der Waals surface area contributed by atoms with Crippen LogP contribution in [-0.4, -0.2) is 48.6 Å². The second kappa shape index (κ2) is 8.63. The van der Waals surface area contributed by atoms with Crippen LogP contribution in [0.1, 0.15) is 43.0 Å². The lowest BCUT2D eigenvalue weighted by atomic mass is 10.1. The maximum absolute atomic E-state index is 12.8. The maximum atomic E-state index is 12.8. The Morgan fingerprint density at radius 2 is 2.17 bits per heavy atom. The van der Waals surface area contributed by atoms with Crippen molar-refractivity contribution in [2.75, 3.05) is 26.8 Å². The van der Waals surface area contributed by atoms with Gasteiger partial charge in [-0.05, 0) is 37.8 Å². The van der Waals surface area contributed by atoms with Crippen molar-refractivity contribution in [2.24, 2.45) is 0 Å². The molecule has 1 atom stereocenters. The smallest absolute Gasteiger partial charge is 0.282 e. The first-order chi connectivity index (χ1) is 11.6. The standard InChI is InChI=1S/C17H24N2O5/c1-3-11-24-13-5-4-9-18(10-8-13)17(20)15-12-14(23-2)6-7-16(15)19(21)22/h6-7,12-13H,3-5,8-11H2,1-2H3. The zero-order valence-electron chi connectivity index (χ0n) is 14.2. The average Bonchev–Trinajstić information content (AvgIpc) is 2.84. The number of amides is 1. The topological polar surface area (TPSA) is 81.9 Å². The fourth-order valence-electron chi connectivity index (χ4n) is 2.86. The van der Waals surface area contributed by atoms with E-state index in [4.69, 9.17) is 9.47 Å². The first-order valence-electron chi connectivity index (χ1n) is 8.30. The summed E-state index contributed by atoms with van der Waals surface area (Å²) in [5.74, 6) is 0.111. The van der Waals surface area contributed by atoms with Crippen LogP contribution < -0.4 is 4.74 Å². The Morgan fingerprint density at radius 3 is 2.83 bits per heavy atom. The summed E-state index contributed by atoms with van der Waals surface area (Å²) in [5.41, 5.74) is -0.115. The van der Waals surface area contributed by atoms with Crippen LogP contribution in [0.5, 0.6) is 5.75 Å². The summed E-state index contributed by atoms with van der Waals surface area (Å²) in [7, 11) is 1.47. The van der Waals surface area contributed by atoms with Crippen molar-refractivity contribution in [3.8, 4) is 5.75 Å². The highest BCUT2D eigenvalue weighted by Gasteiger charge is 2.27. The minimum Gasteiger partial charge on any atom is -0.497 e. The van der Waals surface area contributed by atoms with Gasteiger partial charge in [-0.2, -0.15) is 0 Å². The van der Waals surface area contributed by atoms with Gasteiger partial charge >= 0.3 is 0 Å². The van der Waals surface area contributed by atoms with Gasteiger partial charge in [0.15, 0.2) is 0 Å². The van der Waals surface area contributed by atoms with Crippen LogP contribution in [0.15, 0.2) is 18.2 Å². The van der Waals surface area contributed by atoms with E-state index in [2.05, 4.69) is 6.92 Å². The van der Waals surface area contributed by atoms with Crippen molar-refractivity contribution in [3.63, 3.8) is 0 Å². The number of nitro groups is 1. The summed E-state index contributed by atoms with van der Waals surface area (Å²) in [4.78, 5) is 25.2. The third-order valence-electron chi connectivity index (χ3n) is 4.15. The van der Waals surface area contributed by atoms with Crippen LogP contribution in [-0.2, 0) is 4.74 Å². The van der Waals surface area contributed by atoms with E-state index >= 15 is 0 Å². The minimum atomic E-state index is -0.530. The second-order valence-electron chi connectivity index (χ2n) is 5.86. The number of hydrogen-bond donors (Lipinski definition) is 0. The van der Waals surface area contributed by atoms with Gasteiger partial charge in [0.25, 0.3) is 11.6 Å². The minimum absolute atomic E-state index is 0.0762. The molecule has 0 aliphatic carbocycles. The molecule has 132 valence electrons. The summed E-state index contributed by atoms with van der Waals surface area (Å²) in [6.07, 6.45) is 3.61. The molecule has 2 rings (SSSR count).